The largest absolute Gasteiger partial charge is 0.454 e. The monoisotopic (exact) mass is 250 g/mol. The molecule has 0 aliphatic carbocycles. The molecule has 0 radical (unpaired) electrons. The van der Waals surface area contributed by atoms with Gasteiger partial charge in [-0.05, 0) is 12.1 Å². The first-order valence-electron chi connectivity index (χ1n) is 5.55. The first kappa shape index (κ1) is 12.2. The van der Waals surface area contributed by atoms with Crippen LogP contribution in [0.15, 0.2) is 18.2 Å². The van der Waals surface area contributed by atoms with Crippen molar-refractivity contribution < 1.29 is 19.1 Å². The highest BCUT2D eigenvalue weighted by molar-refractivity contribution is 5.95. The summed E-state index contributed by atoms with van der Waals surface area (Å²) < 4.78 is 10.4. The number of carbonyl (C=O) groups excluding carboxylic acids is 2. The molecule has 1 aromatic rings. The number of hydrogen-bond donors (Lipinski definition) is 2. The van der Waals surface area contributed by atoms with Crippen LogP contribution in [0.4, 0.5) is 5.69 Å². The number of anilines is 1. The molecule has 96 valence electrons. The molecule has 0 saturated carbocycles. The third-order valence-electron chi connectivity index (χ3n) is 2.60. The van der Waals surface area contributed by atoms with E-state index in [1.54, 1.807) is 25.1 Å². The molecular formula is C12H14N2O4. The van der Waals surface area contributed by atoms with Crippen LogP contribution in [0.2, 0.25) is 0 Å². The third kappa shape index (κ3) is 2.71. The lowest BCUT2D eigenvalue weighted by atomic mass is 10.1. The fourth-order valence-corrected chi connectivity index (χ4v) is 1.63. The average Bonchev–Trinajstić information content (AvgIpc) is 2.75. The lowest BCUT2D eigenvalue weighted by Gasteiger charge is -2.10. The van der Waals surface area contributed by atoms with Gasteiger partial charge in [0.1, 0.15) is 0 Å². The van der Waals surface area contributed by atoms with Crippen molar-refractivity contribution in [2.75, 3.05) is 12.1 Å². The van der Waals surface area contributed by atoms with Gasteiger partial charge in [0.2, 0.25) is 18.6 Å². The van der Waals surface area contributed by atoms with Gasteiger partial charge in [-0.25, -0.2) is 0 Å². The number of nitrogens with two attached hydrogens (primary N) is 1. The molecule has 0 aromatic heterocycles. The summed E-state index contributed by atoms with van der Waals surface area (Å²) in [5.74, 6) is 0.0254. The van der Waals surface area contributed by atoms with Crippen LogP contribution < -0.4 is 20.5 Å². The second kappa shape index (κ2) is 4.95. The van der Waals surface area contributed by atoms with Gasteiger partial charge in [0.15, 0.2) is 11.5 Å². The molecular weight excluding hydrogens is 236 g/mol. The van der Waals surface area contributed by atoms with Gasteiger partial charge in [0, 0.05) is 24.1 Å². The van der Waals surface area contributed by atoms with E-state index in [0.29, 0.717) is 17.2 Å². The van der Waals surface area contributed by atoms with E-state index in [1.165, 1.54) is 0 Å². The average molecular weight is 250 g/mol. The molecule has 0 bridgehead atoms. The van der Waals surface area contributed by atoms with E-state index in [9.17, 15) is 9.59 Å². The molecule has 1 atom stereocenters. The van der Waals surface area contributed by atoms with Crippen LogP contribution in [0.3, 0.4) is 0 Å². The van der Waals surface area contributed by atoms with Crippen molar-refractivity contribution in [1.82, 2.24) is 0 Å². The summed E-state index contributed by atoms with van der Waals surface area (Å²) in [4.78, 5) is 22.5. The van der Waals surface area contributed by atoms with Gasteiger partial charge in [0.25, 0.3) is 0 Å². The Morgan fingerprint density at radius 2 is 2.11 bits per heavy atom. The Hall–Kier alpha value is -2.24. The second-order valence-electron chi connectivity index (χ2n) is 4.13. The predicted molar refractivity (Wildman–Crippen MR) is 64.2 cm³/mol. The molecule has 18 heavy (non-hydrogen) atoms. The molecule has 3 N–H and O–H groups in total. The lowest BCUT2D eigenvalue weighted by molar-refractivity contribution is -0.125. The molecule has 2 rings (SSSR count). The van der Waals surface area contributed by atoms with Crippen LogP contribution in [-0.4, -0.2) is 18.6 Å². The number of amides is 2. The SMILES string of the molecule is CC(CC(N)=O)C(=O)Nc1ccc2c(c1)OCO2. The van der Waals surface area contributed by atoms with Crippen LogP contribution in [0.1, 0.15) is 13.3 Å². The van der Waals surface area contributed by atoms with Gasteiger partial charge in [-0.2, -0.15) is 0 Å². The summed E-state index contributed by atoms with van der Waals surface area (Å²) in [7, 11) is 0. The van der Waals surface area contributed by atoms with E-state index in [2.05, 4.69) is 5.32 Å². The maximum Gasteiger partial charge on any atom is 0.231 e. The summed E-state index contributed by atoms with van der Waals surface area (Å²) >= 11 is 0. The summed E-state index contributed by atoms with van der Waals surface area (Å²) in [6, 6.07) is 5.11. The fourth-order valence-electron chi connectivity index (χ4n) is 1.63. The Morgan fingerprint density at radius 1 is 1.39 bits per heavy atom. The van der Waals surface area contributed by atoms with Crippen molar-refractivity contribution in [2.45, 2.75) is 13.3 Å². The van der Waals surface area contributed by atoms with Crippen molar-refractivity contribution in [3.63, 3.8) is 0 Å². The molecule has 6 nitrogen and oxygen atoms in total. The minimum absolute atomic E-state index is 0.0242. The molecule has 0 fully saturated rings. The number of rotatable bonds is 4. The number of carbonyl (C=O) groups is 2. The van der Waals surface area contributed by atoms with E-state index in [0.717, 1.165) is 0 Å². The van der Waals surface area contributed by atoms with Crippen molar-refractivity contribution in [1.29, 1.82) is 0 Å². The lowest BCUT2D eigenvalue weighted by Crippen LogP contribution is -2.25. The van der Waals surface area contributed by atoms with Crippen molar-refractivity contribution in [2.24, 2.45) is 11.7 Å². The van der Waals surface area contributed by atoms with Gasteiger partial charge in [-0.1, -0.05) is 6.92 Å². The van der Waals surface area contributed by atoms with Crippen molar-refractivity contribution >= 4 is 17.5 Å². The maximum atomic E-state index is 11.8. The molecule has 2 amide bonds. The molecule has 1 unspecified atom stereocenters. The zero-order chi connectivity index (χ0) is 13.1. The molecule has 6 heteroatoms. The first-order valence-corrected chi connectivity index (χ1v) is 5.55. The first-order chi connectivity index (χ1) is 8.56. The van der Waals surface area contributed by atoms with E-state index in [-0.39, 0.29) is 19.1 Å². The molecule has 0 spiro atoms. The number of hydrogen-bond acceptors (Lipinski definition) is 4. The van der Waals surface area contributed by atoms with Crippen LogP contribution >= 0.6 is 0 Å². The molecule has 1 aliphatic heterocycles. The minimum atomic E-state index is -0.497. The van der Waals surface area contributed by atoms with Crippen molar-refractivity contribution in [3.05, 3.63) is 18.2 Å². The summed E-state index contributed by atoms with van der Waals surface area (Å²) in [5, 5.41) is 2.69. The van der Waals surface area contributed by atoms with Crippen LogP contribution in [0.25, 0.3) is 0 Å². The number of benzene rings is 1. The third-order valence-corrected chi connectivity index (χ3v) is 2.60. The van der Waals surface area contributed by atoms with Gasteiger partial charge in [-0.3, -0.25) is 9.59 Å². The second-order valence-corrected chi connectivity index (χ2v) is 4.13. The van der Waals surface area contributed by atoms with E-state index in [1.807, 2.05) is 0 Å². The Labute approximate surface area is 104 Å². The molecule has 1 aromatic carbocycles. The molecule has 1 aliphatic rings. The Balaban J connectivity index is 2.01. The standard InChI is InChI=1S/C12H14N2O4/c1-7(4-11(13)15)12(16)14-8-2-3-9-10(5-8)18-6-17-9/h2-3,5,7H,4,6H2,1H3,(H2,13,15)(H,14,16). The van der Waals surface area contributed by atoms with Crippen LogP contribution in [0.5, 0.6) is 11.5 Å². The van der Waals surface area contributed by atoms with Gasteiger partial charge < -0.3 is 20.5 Å². The van der Waals surface area contributed by atoms with Gasteiger partial charge >= 0.3 is 0 Å². The minimum Gasteiger partial charge on any atom is -0.454 e. The normalized spacial score (nSPS) is 14.1. The summed E-state index contributed by atoms with van der Waals surface area (Å²) in [6.45, 7) is 1.83. The fraction of sp³-hybridized carbons (Fsp3) is 0.333. The molecule has 1 heterocycles. The number of primary amides is 1. The van der Waals surface area contributed by atoms with Gasteiger partial charge in [-0.15, -0.1) is 0 Å². The molecule has 0 saturated heterocycles. The zero-order valence-corrected chi connectivity index (χ0v) is 9.93. The van der Waals surface area contributed by atoms with E-state index >= 15 is 0 Å². The highest BCUT2D eigenvalue weighted by Gasteiger charge is 2.18. The van der Waals surface area contributed by atoms with Crippen molar-refractivity contribution in [3.8, 4) is 11.5 Å². The number of fused-ring (bicyclic) bond motifs is 1. The van der Waals surface area contributed by atoms with E-state index < -0.39 is 11.8 Å². The quantitative estimate of drug-likeness (QED) is 0.829. The Bertz CT molecular complexity index is 487. The maximum absolute atomic E-state index is 11.8. The van der Waals surface area contributed by atoms with E-state index in [4.69, 9.17) is 15.2 Å². The highest BCUT2D eigenvalue weighted by atomic mass is 16.7. The van der Waals surface area contributed by atoms with Gasteiger partial charge in [0.05, 0.1) is 0 Å². The topological polar surface area (TPSA) is 90.7 Å². The smallest absolute Gasteiger partial charge is 0.231 e. The summed E-state index contributed by atoms with van der Waals surface area (Å²) in [5.41, 5.74) is 5.64. The summed E-state index contributed by atoms with van der Waals surface area (Å²) in [6.07, 6.45) is 0.0242. The Morgan fingerprint density at radius 3 is 2.83 bits per heavy atom. The zero-order valence-electron chi connectivity index (χ0n) is 9.93. The Kier molecular flexibility index (Phi) is 3.36. The van der Waals surface area contributed by atoms with Crippen LogP contribution in [0, 0.1) is 5.92 Å². The number of nitrogens with one attached hydrogen (secondary N) is 1. The van der Waals surface area contributed by atoms with Crippen LogP contribution in [-0.2, 0) is 9.59 Å². The predicted octanol–water partition coefficient (Wildman–Crippen LogP) is 0.865. The highest BCUT2D eigenvalue weighted by Crippen LogP contribution is 2.34. The number of ether oxygens (including phenoxy) is 2.